The zero-order valence-corrected chi connectivity index (χ0v) is 15.2. The third kappa shape index (κ3) is 12.3. The molecule has 0 aromatic rings. The lowest BCUT2D eigenvalue weighted by atomic mass is 10.0. The molecule has 0 rings (SSSR count). The first-order valence-electron chi connectivity index (χ1n) is 8.47. The molecule has 0 aliphatic carbocycles. The van der Waals surface area contributed by atoms with Gasteiger partial charge in [-0.25, -0.2) is 0 Å². The summed E-state index contributed by atoms with van der Waals surface area (Å²) in [6.45, 7) is 6.32. The molecule has 2 atom stereocenters. The van der Waals surface area contributed by atoms with E-state index >= 15 is 0 Å². The topological polar surface area (TPSA) is 9.23 Å². The number of unbranched alkanes of at least 4 members (excludes halogenated alkanes) is 8. The summed E-state index contributed by atoms with van der Waals surface area (Å²) < 4.78 is 5.73. The Balaban J connectivity index is 3.44. The van der Waals surface area contributed by atoms with Gasteiger partial charge in [-0.2, -0.15) is 0 Å². The number of hydrogen-bond donors (Lipinski definition) is 0. The third-order valence-electron chi connectivity index (χ3n) is 3.59. The van der Waals surface area contributed by atoms with E-state index in [0.29, 0.717) is 5.88 Å². The maximum atomic E-state index is 6.38. The third-order valence-corrected chi connectivity index (χ3v) is 4.39. The molecule has 0 bridgehead atoms. The first kappa shape index (κ1) is 20.5. The molecule has 0 radical (unpaired) electrons. The first-order chi connectivity index (χ1) is 9.61. The van der Waals surface area contributed by atoms with E-state index < -0.39 is 0 Å². The molecule has 0 aromatic carbocycles. The molecule has 0 saturated heterocycles. The minimum Gasteiger partial charge on any atom is -0.373 e. The second-order valence-electron chi connectivity index (χ2n) is 6.01. The van der Waals surface area contributed by atoms with Crippen LogP contribution in [0, 0.1) is 0 Å². The number of alkyl halides is 2. The molecule has 3 heteroatoms. The van der Waals surface area contributed by atoms with Crippen molar-refractivity contribution in [3.8, 4) is 0 Å². The van der Waals surface area contributed by atoms with Crippen LogP contribution in [-0.2, 0) is 4.74 Å². The van der Waals surface area contributed by atoms with Crippen molar-refractivity contribution in [2.75, 3.05) is 5.88 Å². The van der Waals surface area contributed by atoms with Crippen molar-refractivity contribution in [3.05, 3.63) is 0 Å². The van der Waals surface area contributed by atoms with Gasteiger partial charge in [0.15, 0.2) is 0 Å². The van der Waals surface area contributed by atoms with Gasteiger partial charge in [0.05, 0.1) is 23.5 Å². The fourth-order valence-electron chi connectivity index (χ4n) is 2.40. The molecular formula is C17H34Cl2O. The molecular weight excluding hydrogens is 291 g/mol. The Morgan fingerprint density at radius 2 is 1.35 bits per heavy atom. The molecule has 1 nitrogen and oxygen atoms in total. The van der Waals surface area contributed by atoms with E-state index in [0.717, 1.165) is 6.42 Å². The van der Waals surface area contributed by atoms with Crippen LogP contribution in [0.3, 0.4) is 0 Å². The quantitative estimate of drug-likeness (QED) is 0.260. The minimum absolute atomic E-state index is 0.00706. The number of hydrogen-bond acceptors (Lipinski definition) is 1. The molecule has 0 aromatic heterocycles. The van der Waals surface area contributed by atoms with Gasteiger partial charge >= 0.3 is 0 Å². The molecule has 20 heavy (non-hydrogen) atoms. The van der Waals surface area contributed by atoms with Crippen molar-refractivity contribution < 1.29 is 4.74 Å². The summed E-state index contributed by atoms with van der Waals surface area (Å²) in [7, 11) is 0. The standard InChI is InChI=1S/C17H34Cl2O/c1-4-5-6-7-8-9-10-11-12-13-16(19)17(14-18)20-15(2)3/h15-17H,4-14H2,1-3H3. The Hall–Kier alpha value is 0.540. The number of rotatable bonds is 14. The highest BCUT2D eigenvalue weighted by Crippen LogP contribution is 2.19. The fraction of sp³-hybridized carbons (Fsp3) is 1.00. The summed E-state index contributed by atoms with van der Waals surface area (Å²) in [6.07, 6.45) is 13.3. The predicted molar refractivity (Wildman–Crippen MR) is 92.2 cm³/mol. The van der Waals surface area contributed by atoms with E-state index in [1.807, 2.05) is 13.8 Å². The highest BCUT2D eigenvalue weighted by molar-refractivity contribution is 6.23. The van der Waals surface area contributed by atoms with Crippen LogP contribution >= 0.6 is 23.2 Å². The Labute approximate surface area is 136 Å². The van der Waals surface area contributed by atoms with Crippen molar-refractivity contribution in [1.29, 1.82) is 0 Å². The molecule has 0 heterocycles. The molecule has 122 valence electrons. The molecule has 0 amide bonds. The van der Waals surface area contributed by atoms with Crippen molar-refractivity contribution in [1.82, 2.24) is 0 Å². The van der Waals surface area contributed by atoms with Gasteiger partial charge in [-0.05, 0) is 20.3 Å². The number of halogens is 2. The highest BCUT2D eigenvalue weighted by atomic mass is 35.5. The molecule has 0 spiro atoms. The van der Waals surface area contributed by atoms with Gasteiger partial charge in [-0.1, -0.05) is 64.7 Å². The van der Waals surface area contributed by atoms with Crippen LogP contribution in [0.2, 0.25) is 0 Å². The zero-order valence-electron chi connectivity index (χ0n) is 13.7. The first-order valence-corrected chi connectivity index (χ1v) is 9.44. The molecule has 0 fully saturated rings. The molecule has 0 saturated carbocycles. The normalized spacial score (nSPS) is 14.7. The Morgan fingerprint density at radius 1 is 0.850 bits per heavy atom. The molecule has 2 unspecified atom stereocenters. The minimum atomic E-state index is -0.00706. The van der Waals surface area contributed by atoms with Gasteiger partial charge in [0.25, 0.3) is 0 Å². The van der Waals surface area contributed by atoms with Crippen LogP contribution in [0.5, 0.6) is 0 Å². The SMILES string of the molecule is CCCCCCCCCCCC(Cl)C(CCl)OC(C)C. The summed E-state index contributed by atoms with van der Waals surface area (Å²) in [5.74, 6) is 0.490. The smallest absolute Gasteiger partial charge is 0.0877 e. The summed E-state index contributed by atoms with van der Waals surface area (Å²) in [5, 5.41) is 0.0551. The Morgan fingerprint density at radius 3 is 1.80 bits per heavy atom. The fourth-order valence-corrected chi connectivity index (χ4v) is 3.09. The van der Waals surface area contributed by atoms with Gasteiger partial charge in [0, 0.05) is 0 Å². The average molecular weight is 325 g/mol. The van der Waals surface area contributed by atoms with Crippen molar-refractivity contribution in [2.45, 2.75) is 103 Å². The van der Waals surface area contributed by atoms with E-state index in [-0.39, 0.29) is 17.6 Å². The second-order valence-corrected chi connectivity index (χ2v) is 6.88. The van der Waals surface area contributed by atoms with E-state index in [1.54, 1.807) is 0 Å². The van der Waals surface area contributed by atoms with E-state index in [9.17, 15) is 0 Å². The highest BCUT2D eigenvalue weighted by Gasteiger charge is 2.19. The number of ether oxygens (including phenoxy) is 1. The van der Waals surface area contributed by atoms with Gasteiger partial charge in [-0.15, -0.1) is 23.2 Å². The van der Waals surface area contributed by atoms with Gasteiger partial charge in [-0.3, -0.25) is 0 Å². The van der Waals surface area contributed by atoms with E-state index in [2.05, 4.69) is 6.92 Å². The van der Waals surface area contributed by atoms with Crippen LogP contribution in [-0.4, -0.2) is 23.5 Å². The van der Waals surface area contributed by atoms with Gasteiger partial charge in [0.1, 0.15) is 0 Å². The monoisotopic (exact) mass is 324 g/mol. The van der Waals surface area contributed by atoms with Crippen LogP contribution in [0.1, 0.15) is 85.0 Å². The van der Waals surface area contributed by atoms with Crippen LogP contribution in [0.15, 0.2) is 0 Å². The van der Waals surface area contributed by atoms with E-state index in [4.69, 9.17) is 27.9 Å². The summed E-state index contributed by atoms with van der Waals surface area (Å²) in [5.41, 5.74) is 0. The average Bonchev–Trinajstić information content (AvgIpc) is 2.42. The molecule has 0 aliphatic rings. The van der Waals surface area contributed by atoms with Gasteiger partial charge < -0.3 is 4.74 Å². The molecule has 0 aliphatic heterocycles. The van der Waals surface area contributed by atoms with Crippen molar-refractivity contribution >= 4 is 23.2 Å². The second kappa shape index (κ2) is 14.5. The lowest BCUT2D eigenvalue weighted by molar-refractivity contribution is 0.0174. The van der Waals surface area contributed by atoms with Crippen molar-refractivity contribution in [3.63, 3.8) is 0 Å². The van der Waals surface area contributed by atoms with Crippen LogP contribution in [0.25, 0.3) is 0 Å². The zero-order chi connectivity index (χ0) is 15.2. The van der Waals surface area contributed by atoms with Crippen LogP contribution < -0.4 is 0 Å². The lowest BCUT2D eigenvalue weighted by Crippen LogP contribution is -2.29. The largest absolute Gasteiger partial charge is 0.373 e. The Kier molecular flexibility index (Phi) is 14.9. The summed E-state index contributed by atoms with van der Waals surface area (Å²) >= 11 is 12.3. The van der Waals surface area contributed by atoms with E-state index in [1.165, 1.54) is 57.8 Å². The lowest BCUT2D eigenvalue weighted by Gasteiger charge is -2.22. The van der Waals surface area contributed by atoms with Crippen molar-refractivity contribution in [2.24, 2.45) is 0 Å². The molecule has 0 N–H and O–H groups in total. The maximum Gasteiger partial charge on any atom is 0.0877 e. The summed E-state index contributed by atoms with van der Waals surface area (Å²) in [6, 6.07) is 0. The Bertz CT molecular complexity index is 197. The summed E-state index contributed by atoms with van der Waals surface area (Å²) in [4.78, 5) is 0. The predicted octanol–water partition coefficient (Wildman–Crippen LogP) is 6.55. The van der Waals surface area contributed by atoms with Crippen LogP contribution in [0.4, 0.5) is 0 Å². The maximum absolute atomic E-state index is 6.38. The van der Waals surface area contributed by atoms with Gasteiger partial charge in [0.2, 0.25) is 0 Å².